The molecule has 7 heteroatoms. The minimum atomic E-state index is -0.163. The Hall–Kier alpha value is -3.58. The molecule has 0 saturated heterocycles. The summed E-state index contributed by atoms with van der Waals surface area (Å²) >= 11 is 1.50. The van der Waals surface area contributed by atoms with Crippen LogP contribution in [0.15, 0.2) is 78.6 Å². The molecular weight excluding hydrogens is 358 g/mol. The van der Waals surface area contributed by atoms with Crippen LogP contribution in [0.5, 0.6) is 0 Å². The number of carbonyl (C=O) groups is 1. The van der Waals surface area contributed by atoms with Crippen LogP contribution in [0, 0.1) is 0 Å². The summed E-state index contributed by atoms with van der Waals surface area (Å²) in [5.41, 5.74) is 3.08. The van der Waals surface area contributed by atoms with Crippen molar-refractivity contribution >= 4 is 33.9 Å². The molecule has 27 heavy (non-hydrogen) atoms. The van der Waals surface area contributed by atoms with Crippen molar-refractivity contribution in [2.75, 3.05) is 10.6 Å². The fourth-order valence-electron chi connectivity index (χ4n) is 2.44. The molecule has 4 rings (SSSR count). The predicted octanol–water partition coefficient (Wildman–Crippen LogP) is 4.60. The van der Waals surface area contributed by atoms with Crippen LogP contribution in [0.1, 0.15) is 10.4 Å². The molecule has 0 atom stereocenters. The number of anilines is 3. The number of carbonyl (C=O) groups excluding carboxylic acids is 1. The van der Waals surface area contributed by atoms with E-state index in [1.165, 1.54) is 11.3 Å². The molecule has 0 aliphatic heterocycles. The van der Waals surface area contributed by atoms with Crippen molar-refractivity contribution in [3.8, 4) is 11.3 Å². The van der Waals surface area contributed by atoms with E-state index < -0.39 is 0 Å². The van der Waals surface area contributed by atoms with Crippen molar-refractivity contribution in [2.45, 2.75) is 0 Å². The molecule has 3 aromatic heterocycles. The molecule has 6 nitrogen and oxygen atoms in total. The molecule has 0 aliphatic carbocycles. The smallest absolute Gasteiger partial charge is 0.255 e. The van der Waals surface area contributed by atoms with E-state index in [1.807, 2.05) is 35.7 Å². The highest BCUT2D eigenvalue weighted by molar-refractivity contribution is 7.14. The zero-order valence-corrected chi connectivity index (χ0v) is 15.0. The topological polar surface area (TPSA) is 79.8 Å². The van der Waals surface area contributed by atoms with Gasteiger partial charge in [0.2, 0.25) is 0 Å². The lowest BCUT2D eigenvalue weighted by Gasteiger charge is -2.05. The second kappa shape index (κ2) is 7.76. The van der Waals surface area contributed by atoms with Gasteiger partial charge < -0.3 is 10.6 Å². The van der Waals surface area contributed by atoms with Crippen molar-refractivity contribution in [1.82, 2.24) is 15.0 Å². The molecule has 1 amide bonds. The van der Waals surface area contributed by atoms with E-state index in [0.717, 1.165) is 22.2 Å². The van der Waals surface area contributed by atoms with Gasteiger partial charge in [-0.2, -0.15) is 0 Å². The molecule has 132 valence electrons. The summed E-state index contributed by atoms with van der Waals surface area (Å²) in [4.78, 5) is 25.0. The first kappa shape index (κ1) is 16.9. The van der Waals surface area contributed by atoms with E-state index in [1.54, 1.807) is 42.9 Å². The van der Waals surface area contributed by atoms with Crippen LogP contribution in [0.3, 0.4) is 0 Å². The van der Waals surface area contributed by atoms with E-state index in [-0.39, 0.29) is 5.91 Å². The first-order valence-corrected chi connectivity index (χ1v) is 9.11. The molecule has 0 bridgehead atoms. The van der Waals surface area contributed by atoms with E-state index >= 15 is 0 Å². The molecular formula is C20H15N5OS. The maximum absolute atomic E-state index is 12.3. The number of nitrogens with one attached hydrogen (secondary N) is 2. The first-order valence-electron chi connectivity index (χ1n) is 8.23. The van der Waals surface area contributed by atoms with Gasteiger partial charge in [0, 0.05) is 40.8 Å². The van der Waals surface area contributed by atoms with Gasteiger partial charge in [-0.15, -0.1) is 11.3 Å². The molecule has 0 spiro atoms. The number of amides is 1. The summed E-state index contributed by atoms with van der Waals surface area (Å²) in [5.74, 6) is 0.588. The van der Waals surface area contributed by atoms with Gasteiger partial charge in [-0.05, 0) is 36.4 Å². The Morgan fingerprint density at radius 3 is 2.48 bits per heavy atom. The highest BCUT2D eigenvalue weighted by Crippen LogP contribution is 2.27. The summed E-state index contributed by atoms with van der Waals surface area (Å²) in [6.45, 7) is 0. The highest BCUT2D eigenvalue weighted by atomic mass is 32.1. The van der Waals surface area contributed by atoms with Gasteiger partial charge in [0.1, 0.15) is 5.82 Å². The monoisotopic (exact) mass is 373 g/mol. The molecule has 1 aromatic carbocycles. The SMILES string of the molecule is O=C(Nc1ccncc1)c1ccc(-c2csc(Nc3ccccn3)n2)cc1. The molecule has 0 unspecified atom stereocenters. The predicted molar refractivity (Wildman–Crippen MR) is 107 cm³/mol. The van der Waals surface area contributed by atoms with Crippen LogP contribution in [-0.4, -0.2) is 20.9 Å². The van der Waals surface area contributed by atoms with Gasteiger partial charge in [-0.1, -0.05) is 18.2 Å². The lowest BCUT2D eigenvalue weighted by Crippen LogP contribution is -2.11. The minimum absolute atomic E-state index is 0.163. The molecule has 0 fully saturated rings. The van der Waals surface area contributed by atoms with Crippen LogP contribution in [-0.2, 0) is 0 Å². The Bertz CT molecular complexity index is 1030. The maximum atomic E-state index is 12.3. The van der Waals surface area contributed by atoms with Gasteiger partial charge >= 0.3 is 0 Å². The standard InChI is InChI=1S/C20H15N5OS/c26-19(23-16-8-11-21-12-9-16)15-6-4-14(5-7-15)17-13-27-20(24-17)25-18-3-1-2-10-22-18/h1-13H,(H,21,23,26)(H,22,24,25). The van der Waals surface area contributed by atoms with E-state index in [4.69, 9.17) is 0 Å². The number of benzene rings is 1. The van der Waals surface area contributed by atoms with Gasteiger partial charge in [0.25, 0.3) is 5.91 Å². The highest BCUT2D eigenvalue weighted by Gasteiger charge is 2.09. The van der Waals surface area contributed by atoms with Gasteiger partial charge in [0.05, 0.1) is 5.69 Å². The molecule has 2 N–H and O–H groups in total. The molecule has 0 aliphatic rings. The van der Waals surface area contributed by atoms with Crippen molar-refractivity contribution in [3.63, 3.8) is 0 Å². The zero-order valence-electron chi connectivity index (χ0n) is 14.2. The Morgan fingerprint density at radius 2 is 1.74 bits per heavy atom. The molecule has 3 heterocycles. The quantitative estimate of drug-likeness (QED) is 0.535. The van der Waals surface area contributed by atoms with Crippen LogP contribution in [0.2, 0.25) is 0 Å². The van der Waals surface area contributed by atoms with Gasteiger partial charge in [-0.3, -0.25) is 9.78 Å². The van der Waals surface area contributed by atoms with Crippen LogP contribution >= 0.6 is 11.3 Å². The fraction of sp³-hybridized carbons (Fsp3) is 0. The normalized spacial score (nSPS) is 10.4. The number of aromatic nitrogens is 3. The largest absolute Gasteiger partial charge is 0.322 e. The lowest BCUT2D eigenvalue weighted by atomic mass is 10.1. The lowest BCUT2D eigenvalue weighted by molar-refractivity contribution is 0.102. The second-order valence-electron chi connectivity index (χ2n) is 5.65. The Morgan fingerprint density at radius 1 is 0.926 bits per heavy atom. The third kappa shape index (κ3) is 4.16. The average molecular weight is 373 g/mol. The number of hydrogen-bond acceptors (Lipinski definition) is 6. The van der Waals surface area contributed by atoms with E-state index in [0.29, 0.717) is 11.3 Å². The Balaban J connectivity index is 1.45. The van der Waals surface area contributed by atoms with Gasteiger partial charge in [0.15, 0.2) is 5.13 Å². The van der Waals surface area contributed by atoms with Crippen molar-refractivity contribution in [1.29, 1.82) is 0 Å². The Labute approximate surface area is 160 Å². The molecule has 0 saturated carbocycles. The summed E-state index contributed by atoms with van der Waals surface area (Å²) in [7, 11) is 0. The summed E-state index contributed by atoms with van der Waals surface area (Å²) in [6, 6.07) is 16.5. The van der Waals surface area contributed by atoms with Crippen molar-refractivity contribution in [2.24, 2.45) is 0 Å². The summed E-state index contributed by atoms with van der Waals surface area (Å²) in [6.07, 6.45) is 5.00. The minimum Gasteiger partial charge on any atom is -0.322 e. The van der Waals surface area contributed by atoms with E-state index in [9.17, 15) is 4.79 Å². The summed E-state index contributed by atoms with van der Waals surface area (Å²) < 4.78 is 0. The molecule has 4 aromatic rings. The number of pyridine rings is 2. The third-order valence-electron chi connectivity index (χ3n) is 3.79. The van der Waals surface area contributed by atoms with Crippen LogP contribution in [0.25, 0.3) is 11.3 Å². The van der Waals surface area contributed by atoms with Crippen molar-refractivity contribution < 1.29 is 4.79 Å². The molecule has 0 radical (unpaired) electrons. The van der Waals surface area contributed by atoms with Crippen LogP contribution < -0.4 is 10.6 Å². The Kier molecular flexibility index (Phi) is 4.84. The van der Waals surface area contributed by atoms with E-state index in [2.05, 4.69) is 25.6 Å². The van der Waals surface area contributed by atoms with Crippen LogP contribution in [0.4, 0.5) is 16.6 Å². The van der Waals surface area contributed by atoms with Crippen molar-refractivity contribution in [3.05, 3.63) is 84.1 Å². The maximum Gasteiger partial charge on any atom is 0.255 e. The number of nitrogens with zero attached hydrogens (tertiary/aromatic N) is 3. The first-order chi connectivity index (χ1) is 13.3. The fourth-order valence-corrected chi connectivity index (χ4v) is 3.17. The van der Waals surface area contributed by atoms with Gasteiger partial charge in [-0.25, -0.2) is 9.97 Å². The zero-order chi connectivity index (χ0) is 18.5. The number of hydrogen-bond donors (Lipinski definition) is 2. The second-order valence-corrected chi connectivity index (χ2v) is 6.50. The average Bonchev–Trinajstić information content (AvgIpc) is 3.18. The number of rotatable bonds is 5. The third-order valence-corrected chi connectivity index (χ3v) is 4.54. The summed E-state index contributed by atoms with van der Waals surface area (Å²) in [5, 5.41) is 8.75. The number of thiazole rings is 1.